The molecule has 0 saturated heterocycles. The molecule has 8 nitrogen and oxygen atoms in total. The molecule has 1 N–H and O–H groups in total. The molecule has 3 rings (SSSR count). The highest BCUT2D eigenvalue weighted by molar-refractivity contribution is 5.94. The summed E-state index contributed by atoms with van der Waals surface area (Å²) in [6.45, 7) is -0.326. The molecule has 2 aromatic carbocycles. The number of benzene rings is 2. The highest BCUT2D eigenvalue weighted by Crippen LogP contribution is 2.27. The Bertz CT molecular complexity index is 1100. The van der Waals surface area contributed by atoms with Crippen LogP contribution >= 0.6 is 0 Å². The molecule has 0 aliphatic carbocycles. The molecule has 0 spiro atoms. The van der Waals surface area contributed by atoms with Crippen molar-refractivity contribution < 1.29 is 28.2 Å². The molecule has 3 aromatic rings. The van der Waals surface area contributed by atoms with E-state index in [0.29, 0.717) is 22.5 Å². The van der Waals surface area contributed by atoms with Gasteiger partial charge in [-0.25, -0.2) is 9.59 Å². The van der Waals surface area contributed by atoms with Gasteiger partial charge in [0.2, 0.25) is 0 Å². The first-order valence-corrected chi connectivity index (χ1v) is 8.69. The van der Waals surface area contributed by atoms with E-state index in [1.807, 2.05) is 0 Å². The van der Waals surface area contributed by atoms with Crippen molar-refractivity contribution in [2.45, 2.75) is 6.54 Å². The molecule has 29 heavy (non-hydrogen) atoms. The molecule has 0 saturated carbocycles. The van der Waals surface area contributed by atoms with Gasteiger partial charge in [-0.1, -0.05) is 24.3 Å². The maximum absolute atomic E-state index is 12.1. The topological polar surface area (TPSA) is 104 Å². The lowest BCUT2D eigenvalue weighted by Crippen LogP contribution is -2.29. The third-order valence-electron chi connectivity index (χ3n) is 4.13. The van der Waals surface area contributed by atoms with Gasteiger partial charge < -0.3 is 23.9 Å². The minimum Gasteiger partial charge on any atom is -0.493 e. The highest BCUT2D eigenvalue weighted by atomic mass is 16.5. The van der Waals surface area contributed by atoms with Gasteiger partial charge in [0.15, 0.2) is 18.1 Å². The largest absolute Gasteiger partial charge is 0.493 e. The Labute approximate surface area is 166 Å². The van der Waals surface area contributed by atoms with Crippen LogP contribution in [0.25, 0.3) is 11.0 Å². The Balaban J connectivity index is 1.57. The zero-order valence-corrected chi connectivity index (χ0v) is 15.9. The van der Waals surface area contributed by atoms with Crippen molar-refractivity contribution in [2.75, 3.05) is 20.8 Å². The van der Waals surface area contributed by atoms with Crippen molar-refractivity contribution in [2.24, 2.45) is 0 Å². The number of hydrogen-bond acceptors (Lipinski definition) is 7. The molecule has 0 unspecified atom stereocenters. The van der Waals surface area contributed by atoms with Crippen LogP contribution in [0.1, 0.15) is 15.9 Å². The second-order valence-corrected chi connectivity index (χ2v) is 6.03. The number of carbonyl (C=O) groups is 2. The van der Waals surface area contributed by atoms with Crippen LogP contribution in [-0.2, 0) is 16.1 Å². The van der Waals surface area contributed by atoms with E-state index in [1.165, 1.54) is 20.3 Å². The van der Waals surface area contributed by atoms with Crippen LogP contribution in [0.4, 0.5) is 0 Å². The van der Waals surface area contributed by atoms with Crippen molar-refractivity contribution in [1.29, 1.82) is 0 Å². The number of hydrogen-bond donors (Lipinski definition) is 1. The molecule has 0 atom stereocenters. The van der Waals surface area contributed by atoms with E-state index in [9.17, 15) is 14.4 Å². The molecule has 0 bridgehead atoms. The summed E-state index contributed by atoms with van der Waals surface area (Å²) in [6, 6.07) is 13.4. The van der Waals surface area contributed by atoms with E-state index < -0.39 is 24.1 Å². The molecule has 0 aliphatic heterocycles. The van der Waals surface area contributed by atoms with Gasteiger partial charge in [-0.3, -0.25) is 4.79 Å². The maximum Gasteiger partial charge on any atom is 0.351 e. The molecule has 8 heteroatoms. The minimum atomic E-state index is -0.925. The molecule has 0 aliphatic rings. The first-order chi connectivity index (χ1) is 14.0. The van der Waals surface area contributed by atoms with Gasteiger partial charge in [0.25, 0.3) is 5.91 Å². The number of para-hydroxylation sites is 1. The first-order valence-electron chi connectivity index (χ1n) is 8.69. The summed E-state index contributed by atoms with van der Waals surface area (Å²) >= 11 is 0. The fraction of sp³-hybridized carbons (Fsp3) is 0.190. The number of esters is 1. The van der Waals surface area contributed by atoms with Gasteiger partial charge in [-0.05, 0) is 29.8 Å². The van der Waals surface area contributed by atoms with Crippen LogP contribution in [0.2, 0.25) is 0 Å². The summed E-state index contributed by atoms with van der Waals surface area (Å²) in [6.07, 6.45) is 0. The van der Waals surface area contributed by atoms with Crippen LogP contribution in [0.3, 0.4) is 0 Å². The number of ether oxygens (including phenoxy) is 3. The van der Waals surface area contributed by atoms with E-state index in [2.05, 4.69) is 5.32 Å². The van der Waals surface area contributed by atoms with Gasteiger partial charge in [0.05, 0.1) is 14.2 Å². The number of fused-ring (bicyclic) bond motifs is 1. The maximum atomic E-state index is 12.1. The van der Waals surface area contributed by atoms with Crippen molar-refractivity contribution in [3.63, 3.8) is 0 Å². The third-order valence-corrected chi connectivity index (χ3v) is 4.13. The van der Waals surface area contributed by atoms with Crippen molar-refractivity contribution in [3.05, 3.63) is 70.1 Å². The van der Waals surface area contributed by atoms with Crippen LogP contribution < -0.4 is 20.4 Å². The number of carbonyl (C=O) groups excluding carboxylic acids is 2. The lowest BCUT2D eigenvalue weighted by Gasteiger charge is -2.10. The molecule has 1 aromatic heterocycles. The minimum absolute atomic E-state index is 0.203. The highest BCUT2D eigenvalue weighted by Gasteiger charge is 2.16. The molecule has 150 valence electrons. The second-order valence-electron chi connectivity index (χ2n) is 6.03. The van der Waals surface area contributed by atoms with Crippen molar-refractivity contribution in [3.8, 4) is 11.5 Å². The van der Waals surface area contributed by atoms with Gasteiger partial charge in [-0.15, -0.1) is 0 Å². The van der Waals surface area contributed by atoms with Crippen LogP contribution in [-0.4, -0.2) is 32.7 Å². The summed E-state index contributed by atoms with van der Waals surface area (Å²) < 4.78 is 20.4. The standard InChI is InChI=1S/C21H19NO7/c1-26-17-8-7-13(9-18(17)27-2)11-22-19(23)12-28-20(24)15-10-14-5-3-4-6-16(14)29-21(15)25/h3-10H,11-12H2,1-2H3,(H,22,23). The van der Waals surface area contributed by atoms with Gasteiger partial charge in [-0.2, -0.15) is 0 Å². The summed E-state index contributed by atoms with van der Waals surface area (Å²) in [4.78, 5) is 36.1. The van der Waals surface area contributed by atoms with Gasteiger partial charge in [0, 0.05) is 11.9 Å². The number of methoxy groups -OCH3 is 2. The zero-order valence-electron chi connectivity index (χ0n) is 15.9. The fourth-order valence-corrected chi connectivity index (χ4v) is 2.66. The monoisotopic (exact) mass is 397 g/mol. The Morgan fingerprint density at radius 1 is 1.00 bits per heavy atom. The number of amides is 1. The predicted molar refractivity (Wildman–Crippen MR) is 104 cm³/mol. The molecule has 1 amide bonds. The van der Waals surface area contributed by atoms with E-state index in [1.54, 1.807) is 42.5 Å². The summed E-state index contributed by atoms with van der Waals surface area (Å²) in [7, 11) is 3.05. The van der Waals surface area contributed by atoms with Gasteiger partial charge in [0.1, 0.15) is 11.1 Å². The Morgan fingerprint density at radius 2 is 1.76 bits per heavy atom. The second kappa shape index (κ2) is 8.92. The molecular weight excluding hydrogens is 378 g/mol. The summed E-state index contributed by atoms with van der Waals surface area (Å²) in [5.41, 5.74) is 0.0510. The van der Waals surface area contributed by atoms with Crippen LogP contribution in [0.5, 0.6) is 11.5 Å². The lowest BCUT2D eigenvalue weighted by atomic mass is 10.2. The lowest BCUT2D eigenvalue weighted by molar-refractivity contribution is -0.124. The van der Waals surface area contributed by atoms with E-state index in [0.717, 1.165) is 5.56 Å². The van der Waals surface area contributed by atoms with Gasteiger partial charge >= 0.3 is 11.6 Å². The Hall–Kier alpha value is -3.81. The number of rotatable bonds is 7. The normalized spacial score (nSPS) is 10.4. The summed E-state index contributed by atoms with van der Waals surface area (Å²) in [5.74, 6) is -0.330. The van der Waals surface area contributed by atoms with Crippen LogP contribution in [0, 0.1) is 0 Å². The quantitative estimate of drug-likeness (QED) is 0.482. The fourth-order valence-electron chi connectivity index (χ4n) is 2.66. The molecule has 0 fully saturated rings. The number of nitrogens with one attached hydrogen (secondary N) is 1. The first kappa shape index (κ1) is 19.9. The Kier molecular flexibility index (Phi) is 6.13. The SMILES string of the molecule is COc1ccc(CNC(=O)COC(=O)c2cc3ccccc3oc2=O)cc1OC. The molecule has 1 heterocycles. The predicted octanol–water partition coefficient (Wildman–Crippen LogP) is 2.28. The van der Waals surface area contributed by atoms with E-state index in [-0.39, 0.29) is 12.1 Å². The Morgan fingerprint density at radius 3 is 2.52 bits per heavy atom. The zero-order chi connectivity index (χ0) is 20.8. The van der Waals surface area contributed by atoms with Crippen molar-refractivity contribution in [1.82, 2.24) is 5.32 Å². The average Bonchev–Trinajstić information content (AvgIpc) is 2.75. The molecular formula is C21H19NO7. The van der Waals surface area contributed by atoms with Crippen molar-refractivity contribution >= 4 is 22.8 Å². The molecule has 0 radical (unpaired) electrons. The van der Waals surface area contributed by atoms with E-state index >= 15 is 0 Å². The van der Waals surface area contributed by atoms with Crippen LogP contribution in [0.15, 0.2) is 57.7 Å². The smallest absolute Gasteiger partial charge is 0.351 e. The third kappa shape index (κ3) is 4.73. The average molecular weight is 397 g/mol. The van der Waals surface area contributed by atoms with E-state index in [4.69, 9.17) is 18.6 Å². The summed E-state index contributed by atoms with van der Waals surface area (Å²) in [5, 5.41) is 3.21.